The van der Waals surface area contributed by atoms with Crippen molar-refractivity contribution in [2.24, 2.45) is 4.99 Å². The molecule has 0 aliphatic carbocycles. The van der Waals surface area contributed by atoms with Crippen molar-refractivity contribution in [3.05, 3.63) is 51.7 Å². The Morgan fingerprint density at radius 3 is 2.50 bits per heavy atom. The number of aliphatic imine (C=N–C) groups is 1. The van der Waals surface area contributed by atoms with Crippen molar-refractivity contribution >= 4 is 41.3 Å². The second-order valence-corrected chi connectivity index (χ2v) is 6.23. The number of guanidine groups is 1. The highest BCUT2D eigenvalue weighted by molar-refractivity contribution is 14.0. The van der Waals surface area contributed by atoms with Crippen molar-refractivity contribution in [3.8, 4) is 0 Å². The maximum absolute atomic E-state index is 12.8. The lowest BCUT2D eigenvalue weighted by Gasteiger charge is -2.11. The van der Waals surface area contributed by atoms with Gasteiger partial charge in [0.05, 0.1) is 5.01 Å². The fourth-order valence-corrected chi connectivity index (χ4v) is 2.98. The molecule has 24 heavy (non-hydrogen) atoms. The Morgan fingerprint density at radius 1 is 1.17 bits per heavy atom. The third kappa shape index (κ3) is 7.57. The lowest BCUT2D eigenvalue weighted by atomic mass is 10.1. The fraction of sp³-hybridized carbons (Fsp3) is 0.412. The number of hydrogen-bond acceptors (Lipinski definition) is 3. The Balaban J connectivity index is 0.00000288. The number of nitrogens with zero attached hydrogens (tertiary/aromatic N) is 2. The third-order valence-corrected chi connectivity index (χ3v) is 4.40. The number of halogens is 2. The van der Waals surface area contributed by atoms with Gasteiger partial charge in [-0.1, -0.05) is 12.1 Å². The molecule has 0 atom stereocenters. The van der Waals surface area contributed by atoms with Gasteiger partial charge in [-0.15, -0.1) is 35.3 Å². The van der Waals surface area contributed by atoms with E-state index < -0.39 is 0 Å². The van der Waals surface area contributed by atoms with E-state index in [4.69, 9.17) is 0 Å². The first-order chi connectivity index (χ1) is 11.2. The number of benzene rings is 1. The SMILES string of the molecule is CN=C(NCCCc1nc(C)cs1)NCCc1ccc(F)cc1.I. The van der Waals surface area contributed by atoms with E-state index in [0.717, 1.165) is 49.6 Å². The Labute approximate surface area is 164 Å². The zero-order valence-electron chi connectivity index (χ0n) is 14.0. The molecule has 0 amide bonds. The number of aryl methyl sites for hydroxylation is 2. The fourth-order valence-electron chi connectivity index (χ4n) is 2.16. The summed E-state index contributed by atoms with van der Waals surface area (Å²) >= 11 is 1.72. The maximum Gasteiger partial charge on any atom is 0.190 e. The molecular weight excluding hydrogens is 438 g/mol. The molecule has 0 aliphatic rings. The van der Waals surface area contributed by atoms with Crippen LogP contribution in [0.2, 0.25) is 0 Å². The van der Waals surface area contributed by atoms with Crippen LogP contribution in [0.1, 0.15) is 22.7 Å². The van der Waals surface area contributed by atoms with Crippen LogP contribution >= 0.6 is 35.3 Å². The Hall–Kier alpha value is -1.22. The molecule has 0 unspecified atom stereocenters. The quantitative estimate of drug-likeness (QED) is 0.287. The Morgan fingerprint density at radius 2 is 1.88 bits per heavy atom. The van der Waals surface area contributed by atoms with Crippen molar-refractivity contribution < 1.29 is 4.39 Å². The molecule has 0 radical (unpaired) electrons. The summed E-state index contributed by atoms with van der Waals surface area (Å²) in [5, 5.41) is 9.83. The molecule has 1 aromatic heterocycles. The highest BCUT2D eigenvalue weighted by Gasteiger charge is 2.01. The van der Waals surface area contributed by atoms with Gasteiger partial charge in [0.2, 0.25) is 0 Å². The van der Waals surface area contributed by atoms with Crippen molar-refractivity contribution in [3.63, 3.8) is 0 Å². The smallest absolute Gasteiger partial charge is 0.190 e. The molecule has 7 heteroatoms. The number of rotatable bonds is 7. The highest BCUT2D eigenvalue weighted by atomic mass is 127. The van der Waals surface area contributed by atoms with Crippen LogP contribution in [-0.4, -0.2) is 31.1 Å². The Bertz CT molecular complexity index is 628. The summed E-state index contributed by atoms with van der Waals surface area (Å²) in [4.78, 5) is 8.66. The van der Waals surface area contributed by atoms with Gasteiger partial charge in [0.15, 0.2) is 5.96 Å². The predicted molar refractivity (Wildman–Crippen MR) is 110 cm³/mol. The normalized spacial score (nSPS) is 11.0. The van der Waals surface area contributed by atoms with Gasteiger partial charge in [0.25, 0.3) is 0 Å². The second kappa shape index (κ2) is 11.4. The molecule has 1 heterocycles. The summed E-state index contributed by atoms with van der Waals surface area (Å²) < 4.78 is 12.8. The molecule has 0 spiro atoms. The monoisotopic (exact) mass is 462 g/mol. The summed E-state index contributed by atoms with van der Waals surface area (Å²) in [6.07, 6.45) is 2.84. The van der Waals surface area contributed by atoms with Crippen LogP contribution in [0.15, 0.2) is 34.6 Å². The molecule has 0 aliphatic heterocycles. The van der Waals surface area contributed by atoms with Gasteiger partial charge in [-0.3, -0.25) is 4.99 Å². The van der Waals surface area contributed by atoms with Crippen molar-refractivity contribution in [2.45, 2.75) is 26.2 Å². The van der Waals surface area contributed by atoms with Gasteiger partial charge in [-0.25, -0.2) is 9.37 Å². The first-order valence-electron chi connectivity index (χ1n) is 7.77. The van der Waals surface area contributed by atoms with Crippen LogP contribution in [0.5, 0.6) is 0 Å². The lowest BCUT2D eigenvalue weighted by molar-refractivity contribution is 0.626. The van der Waals surface area contributed by atoms with Gasteiger partial charge in [0, 0.05) is 37.6 Å². The van der Waals surface area contributed by atoms with Gasteiger partial charge >= 0.3 is 0 Å². The van der Waals surface area contributed by atoms with Gasteiger partial charge in [0.1, 0.15) is 5.82 Å². The number of thiazole rings is 1. The molecule has 0 saturated heterocycles. The molecule has 132 valence electrons. The number of hydrogen-bond donors (Lipinski definition) is 2. The number of nitrogens with one attached hydrogen (secondary N) is 2. The van der Waals surface area contributed by atoms with Gasteiger partial charge in [-0.2, -0.15) is 0 Å². The van der Waals surface area contributed by atoms with E-state index in [1.165, 1.54) is 17.1 Å². The topological polar surface area (TPSA) is 49.3 Å². The molecule has 0 fully saturated rings. The first kappa shape index (κ1) is 20.8. The van der Waals surface area contributed by atoms with Crippen molar-refractivity contribution in [2.75, 3.05) is 20.1 Å². The maximum atomic E-state index is 12.8. The van der Waals surface area contributed by atoms with Crippen LogP contribution in [-0.2, 0) is 12.8 Å². The van der Waals surface area contributed by atoms with Crippen molar-refractivity contribution in [1.29, 1.82) is 0 Å². The summed E-state index contributed by atoms with van der Waals surface area (Å²) in [6, 6.07) is 6.60. The molecule has 0 saturated carbocycles. The zero-order valence-corrected chi connectivity index (χ0v) is 17.2. The molecule has 4 nitrogen and oxygen atoms in total. The van der Waals surface area contributed by atoms with Crippen LogP contribution in [0.25, 0.3) is 0 Å². The van der Waals surface area contributed by atoms with E-state index in [0.29, 0.717) is 0 Å². The highest BCUT2D eigenvalue weighted by Crippen LogP contribution is 2.10. The minimum atomic E-state index is -0.199. The molecular formula is C17H24FIN4S. The molecule has 1 aromatic carbocycles. The summed E-state index contributed by atoms with van der Waals surface area (Å²) in [7, 11) is 1.76. The molecule has 0 bridgehead atoms. The van der Waals surface area contributed by atoms with Crippen LogP contribution in [0, 0.1) is 12.7 Å². The predicted octanol–water partition coefficient (Wildman–Crippen LogP) is 3.55. The first-order valence-corrected chi connectivity index (χ1v) is 8.65. The standard InChI is InChI=1S/C17H23FN4S.HI/c1-13-12-23-16(22-13)4-3-10-20-17(19-2)21-11-9-14-5-7-15(18)8-6-14;/h5-8,12H,3-4,9-11H2,1-2H3,(H2,19,20,21);1H. The minimum Gasteiger partial charge on any atom is -0.356 e. The van der Waals surface area contributed by atoms with Crippen molar-refractivity contribution in [1.82, 2.24) is 15.6 Å². The van der Waals surface area contributed by atoms with E-state index in [-0.39, 0.29) is 29.8 Å². The van der Waals surface area contributed by atoms with E-state index >= 15 is 0 Å². The van der Waals surface area contributed by atoms with Crippen LogP contribution < -0.4 is 10.6 Å². The molecule has 2 rings (SSSR count). The van der Waals surface area contributed by atoms with E-state index in [2.05, 4.69) is 26.0 Å². The minimum absolute atomic E-state index is 0. The average molecular weight is 462 g/mol. The number of aromatic nitrogens is 1. The van der Waals surface area contributed by atoms with Gasteiger partial charge < -0.3 is 10.6 Å². The summed E-state index contributed by atoms with van der Waals surface area (Å²) in [6.45, 7) is 3.64. The van der Waals surface area contributed by atoms with Gasteiger partial charge in [-0.05, 0) is 37.5 Å². The van der Waals surface area contributed by atoms with Crippen LogP contribution in [0.4, 0.5) is 4.39 Å². The Kier molecular flexibility index (Phi) is 9.85. The second-order valence-electron chi connectivity index (χ2n) is 5.29. The zero-order chi connectivity index (χ0) is 16.5. The van der Waals surface area contributed by atoms with E-state index in [1.54, 1.807) is 18.4 Å². The average Bonchev–Trinajstić information content (AvgIpc) is 2.97. The summed E-state index contributed by atoms with van der Waals surface area (Å²) in [5.41, 5.74) is 2.20. The van der Waals surface area contributed by atoms with E-state index in [9.17, 15) is 4.39 Å². The summed E-state index contributed by atoms with van der Waals surface area (Å²) in [5.74, 6) is 0.594. The largest absolute Gasteiger partial charge is 0.356 e. The van der Waals surface area contributed by atoms with Crippen LogP contribution in [0.3, 0.4) is 0 Å². The van der Waals surface area contributed by atoms with E-state index in [1.807, 2.05) is 19.1 Å². The molecule has 2 N–H and O–H groups in total. The third-order valence-electron chi connectivity index (χ3n) is 3.37. The molecule has 2 aromatic rings. The lowest BCUT2D eigenvalue weighted by Crippen LogP contribution is -2.38.